The smallest absolute Gasteiger partial charge is 0.306 e. The molecule has 0 rings (SSSR count). The summed E-state index contributed by atoms with van der Waals surface area (Å²) in [6, 6.07) is 0. The quantitative estimate of drug-likeness (QED) is 0.0263. The van der Waals surface area contributed by atoms with E-state index in [1.165, 1.54) is 193 Å². The minimum absolute atomic E-state index is 0.0668. The molecule has 0 aromatic heterocycles. The maximum Gasteiger partial charge on any atom is 0.306 e. The van der Waals surface area contributed by atoms with E-state index in [1.54, 1.807) is 0 Å². The van der Waals surface area contributed by atoms with E-state index < -0.39 is 6.10 Å². The number of rotatable bonds is 48. The Morgan fingerprint density at radius 2 is 0.559 bits per heavy atom. The van der Waals surface area contributed by atoms with Gasteiger partial charge in [-0.2, -0.15) is 0 Å². The number of carbonyl (C=O) groups excluding carboxylic acids is 3. The van der Waals surface area contributed by atoms with Crippen LogP contribution in [0.1, 0.15) is 290 Å². The van der Waals surface area contributed by atoms with E-state index in [9.17, 15) is 14.4 Å². The van der Waals surface area contributed by atoms with Gasteiger partial charge in [-0.25, -0.2) is 0 Å². The summed E-state index contributed by atoms with van der Waals surface area (Å²) >= 11 is 0. The van der Waals surface area contributed by atoms with E-state index in [-0.39, 0.29) is 31.1 Å². The first-order chi connectivity index (χ1) is 29.0. The molecule has 0 saturated heterocycles. The Kier molecular flexibility index (Phi) is 47.3. The lowest BCUT2D eigenvalue weighted by molar-refractivity contribution is -0.167. The summed E-state index contributed by atoms with van der Waals surface area (Å²) in [6.45, 7) is 6.61. The minimum Gasteiger partial charge on any atom is -0.462 e. The fourth-order valence-corrected chi connectivity index (χ4v) is 7.79. The van der Waals surface area contributed by atoms with Crippen LogP contribution in [0.4, 0.5) is 0 Å². The molecule has 0 bridgehead atoms. The second-order valence-corrected chi connectivity index (χ2v) is 17.8. The molecule has 0 aliphatic rings. The fraction of sp³-hybridized carbons (Fsp3) is 0.906. The molecule has 0 aromatic carbocycles. The van der Waals surface area contributed by atoms with Crippen molar-refractivity contribution in [3.8, 4) is 0 Å². The standard InChI is InChI=1S/C53H100O6/c1-4-7-10-13-16-18-20-22-24-25-26-27-28-29-30-32-33-35-37-40-43-46-52(55)58-49-50(48-57-51(54)45-42-39-15-12-9-6-3)59-53(56)47-44-41-38-36-34-31-23-21-19-17-14-11-8-5-2/h25-26,50H,4-24,27-49H2,1-3H3/b26-25-. The summed E-state index contributed by atoms with van der Waals surface area (Å²) in [7, 11) is 0. The normalized spacial score (nSPS) is 12.0. The molecule has 0 amide bonds. The molecule has 0 aliphatic carbocycles. The summed E-state index contributed by atoms with van der Waals surface area (Å²) in [5, 5.41) is 0. The van der Waals surface area contributed by atoms with Crippen molar-refractivity contribution in [3.05, 3.63) is 12.2 Å². The number of ether oxygens (including phenoxy) is 3. The number of unbranched alkanes of at least 4 members (excludes halogenated alkanes) is 35. The van der Waals surface area contributed by atoms with Gasteiger partial charge >= 0.3 is 17.9 Å². The molecule has 0 radical (unpaired) electrons. The maximum atomic E-state index is 12.7. The van der Waals surface area contributed by atoms with Crippen LogP contribution in [0, 0.1) is 0 Å². The van der Waals surface area contributed by atoms with Crippen LogP contribution in [-0.4, -0.2) is 37.2 Å². The molecule has 0 spiro atoms. The van der Waals surface area contributed by atoms with Crippen molar-refractivity contribution in [1.82, 2.24) is 0 Å². The molecule has 0 N–H and O–H groups in total. The van der Waals surface area contributed by atoms with Crippen LogP contribution < -0.4 is 0 Å². The lowest BCUT2D eigenvalue weighted by atomic mass is 10.0. The Hall–Kier alpha value is -1.85. The molecular formula is C53H100O6. The fourth-order valence-electron chi connectivity index (χ4n) is 7.79. The first kappa shape index (κ1) is 57.1. The second kappa shape index (κ2) is 48.8. The van der Waals surface area contributed by atoms with Gasteiger partial charge < -0.3 is 14.2 Å². The van der Waals surface area contributed by atoms with Crippen molar-refractivity contribution in [1.29, 1.82) is 0 Å². The third kappa shape index (κ3) is 47.1. The zero-order valence-corrected chi connectivity index (χ0v) is 39.8. The Balaban J connectivity index is 4.12. The summed E-state index contributed by atoms with van der Waals surface area (Å²) < 4.78 is 16.7. The third-order valence-electron chi connectivity index (χ3n) is 11.8. The highest BCUT2D eigenvalue weighted by Gasteiger charge is 2.19. The van der Waals surface area contributed by atoms with E-state index >= 15 is 0 Å². The predicted molar refractivity (Wildman–Crippen MR) is 252 cm³/mol. The number of hydrogen-bond acceptors (Lipinski definition) is 6. The number of carbonyl (C=O) groups is 3. The van der Waals surface area contributed by atoms with E-state index in [1.807, 2.05) is 0 Å². The van der Waals surface area contributed by atoms with Gasteiger partial charge in [-0.1, -0.05) is 238 Å². The second-order valence-electron chi connectivity index (χ2n) is 17.8. The molecular weight excluding hydrogens is 733 g/mol. The van der Waals surface area contributed by atoms with Gasteiger partial charge in [0.05, 0.1) is 0 Å². The number of allylic oxidation sites excluding steroid dienone is 2. The minimum atomic E-state index is -0.762. The average Bonchev–Trinajstić information content (AvgIpc) is 3.23. The molecule has 348 valence electrons. The molecule has 6 nitrogen and oxygen atoms in total. The molecule has 0 fully saturated rings. The first-order valence-corrected chi connectivity index (χ1v) is 26.2. The van der Waals surface area contributed by atoms with E-state index in [2.05, 4.69) is 32.9 Å². The Bertz CT molecular complexity index is 916. The van der Waals surface area contributed by atoms with Crippen molar-refractivity contribution in [3.63, 3.8) is 0 Å². The lowest BCUT2D eigenvalue weighted by Gasteiger charge is -2.18. The van der Waals surface area contributed by atoms with Gasteiger partial charge in [-0.3, -0.25) is 14.4 Å². The van der Waals surface area contributed by atoms with Crippen LogP contribution in [0.15, 0.2) is 12.2 Å². The van der Waals surface area contributed by atoms with Gasteiger partial charge in [0, 0.05) is 19.3 Å². The summed E-state index contributed by atoms with van der Waals surface area (Å²) in [5.74, 6) is -0.863. The first-order valence-electron chi connectivity index (χ1n) is 26.2. The van der Waals surface area contributed by atoms with Crippen molar-refractivity contribution < 1.29 is 28.6 Å². The summed E-state index contributed by atoms with van der Waals surface area (Å²) in [4.78, 5) is 37.7. The molecule has 0 aliphatic heterocycles. The Morgan fingerprint density at radius 3 is 0.847 bits per heavy atom. The van der Waals surface area contributed by atoms with Gasteiger partial charge in [0.1, 0.15) is 13.2 Å². The highest BCUT2D eigenvalue weighted by atomic mass is 16.6. The molecule has 1 atom stereocenters. The van der Waals surface area contributed by atoms with Crippen LogP contribution in [0.25, 0.3) is 0 Å². The highest BCUT2D eigenvalue weighted by Crippen LogP contribution is 2.16. The van der Waals surface area contributed by atoms with Crippen LogP contribution in [0.5, 0.6) is 0 Å². The molecule has 1 unspecified atom stereocenters. The van der Waals surface area contributed by atoms with Crippen molar-refractivity contribution in [2.45, 2.75) is 297 Å². The van der Waals surface area contributed by atoms with Crippen LogP contribution >= 0.6 is 0 Å². The molecule has 0 saturated carbocycles. The van der Waals surface area contributed by atoms with E-state index in [0.717, 1.165) is 57.8 Å². The topological polar surface area (TPSA) is 78.9 Å². The molecule has 0 heterocycles. The molecule has 0 aromatic rings. The van der Waals surface area contributed by atoms with Crippen LogP contribution in [0.2, 0.25) is 0 Å². The zero-order valence-electron chi connectivity index (χ0n) is 39.8. The summed E-state index contributed by atoms with van der Waals surface area (Å²) in [5.41, 5.74) is 0. The molecule has 59 heavy (non-hydrogen) atoms. The van der Waals surface area contributed by atoms with Gasteiger partial charge in [-0.05, 0) is 44.9 Å². The maximum absolute atomic E-state index is 12.7. The molecule has 6 heteroatoms. The van der Waals surface area contributed by atoms with Crippen LogP contribution in [0.3, 0.4) is 0 Å². The van der Waals surface area contributed by atoms with Crippen molar-refractivity contribution in [2.75, 3.05) is 13.2 Å². The largest absolute Gasteiger partial charge is 0.462 e. The third-order valence-corrected chi connectivity index (χ3v) is 11.8. The van der Waals surface area contributed by atoms with Gasteiger partial charge in [0.25, 0.3) is 0 Å². The monoisotopic (exact) mass is 833 g/mol. The zero-order chi connectivity index (χ0) is 43.0. The highest BCUT2D eigenvalue weighted by molar-refractivity contribution is 5.71. The Morgan fingerprint density at radius 1 is 0.322 bits per heavy atom. The van der Waals surface area contributed by atoms with Gasteiger partial charge in [0.2, 0.25) is 0 Å². The van der Waals surface area contributed by atoms with E-state index in [4.69, 9.17) is 14.2 Å². The average molecular weight is 833 g/mol. The summed E-state index contributed by atoms with van der Waals surface area (Å²) in [6.07, 6.45) is 53.7. The number of hydrogen-bond donors (Lipinski definition) is 0. The van der Waals surface area contributed by atoms with Crippen molar-refractivity contribution >= 4 is 17.9 Å². The lowest BCUT2D eigenvalue weighted by Crippen LogP contribution is -2.30. The van der Waals surface area contributed by atoms with Gasteiger partial charge in [-0.15, -0.1) is 0 Å². The predicted octanol–water partition coefficient (Wildman–Crippen LogP) is 17.0. The Labute approximate surface area is 367 Å². The number of esters is 3. The SMILES string of the molecule is CCCCCCCCCC/C=C\CCCCCCCCCCCC(=O)OCC(COC(=O)CCCCCCCC)OC(=O)CCCCCCCCCCCCCCCC. The van der Waals surface area contributed by atoms with E-state index in [0.29, 0.717) is 19.3 Å². The van der Waals surface area contributed by atoms with Gasteiger partial charge in [0.15, 0.2) is 6.10 Å². The van der Waals surface area contributed by atoms with Crippen LogP contribution in [-0.2, 0) is 28.6 Å². The van der Waals surface area contributed by atoms with Crippen molar-refractivity contribution in [2.24, 2.45) is 0 Å².